The molecule has 9 heterocycles. The molecule has 0 N–H and O–H groups in total. The van der Waals surface area contributed by atoms with Gasteiger partial charge in [0.25, 0.3) is 0 Å². The molecule has 7 nitrogen and oxygen atoms in total. The number of fused-ring (bicyclic) bond motifs is 30. The second-order valence-electron chi connectivity index (χ2n) is 38.6. The first-order chi connectivity index (χ1) is 73.0. The molecule has 1 aliphatic rings. The minimum atomic E-state index is -2.54. The first-order valence-electron chi connectivity index (χ1n) is 50.4. The van der Waals surface area contributed by atoms with E-state index >= 15 is 0 Å². The van der Waals surface area contributed by atoms with Crippen LogP contribution in [0.2, 0.25) is 0 Å². The van der Waals surface area contributed by atoms with Crippen LogP contribution in [-0.4, -0.2) is 30.9 Å². The topological polar surface area (TPSA) is 50.9 Å². The fourth-order valence-corrected chi connectivity index (χ4v) is 31.1. The highest BCUT2D eigenvalue weighted by Gasteiger charge is 2.49. The Bertz CT molecular complexity index is 10700. The summed E-state index contributed by atoms with van der Waals surface area (Å²) in [6, 6.07) is 192. The van der Waals surface area contributed by atoms with E-state index in [0.717, 1.165) is 88.9 Å². The van der Waals surface area contributed by atoms with Crippen LogP contribution < -0.4 is 20.7 Å². The summed E-state index contributed by atoms with van der Waals surface area (Å²) in [5.41, 5.74) is 33.5. The van der Waals surface area contributed by atoms with Crippen molar-refractivity contribution in [3.05, 3.63) is 528 Å². The van der Waals surface area contributed by atoms with E-state index < -0.39 is 8.07 Å². The van der Waals surface area contributed by atoms with Crippen LogP contribution in [0.5, 0.6) is 0 Å². The Morgan fingerprint density at radius 1 is 0.177 bits per heavy atom. The fourth-order valence-electron chi connectivity index (χ4n) is 24.7. The SMILES string of the molecule is c1ccc(-c2ccc(-n3c4ccccc4c4cc(-c5cc6c7ccccc7n(-c7ccccc7)c6c6c5oc5ccccc56)ccc43)cc2)cc1.c1ccc(-n2c3ccccc3c3cc(-c4cc5c6ccccc6n(-c6ccccc6)c5c5c4oc4ccccc45)ccc32)cc1.c1ccc(-n2c3ccccc3c3cc(-c4ccc5c(c4)-c4ccccc4[Si]5(c4ccccc4)c4ccccc4)c4sc5ccccc5c4c32)cc1. The average Bonchev–Trinajstić information content (AvgIpc) is 1.54. The molecule has 1 aliphatic heterocycles. The van der Waals surface area contributed by atoms with Crippen molar-refractivity contribution in [2.45, 2.75) is 0 Å². The van der Waals surface area contributed by atoms with Gasteiger partial charge < -0.3 is 31.7 Å². The van der Waals surface area contributed by atoms with Crippen molar-refractivity contribution in [2.75, 3.05) is 0 Å². The Morgan fingerprint density at radius 3 is 0.939 bits per heavy atom. The van der Waals surface area contributed by atoms with Gasteiger partial charge in [-0.05, 0) is 217 Å². The highest BCUT2D eigenvalue weighted by molar-refractivity contribution is 7.26. The van der Waals surface area contributed by atoms with Crippen molar-refractivity contribution >= 4 is 213 Å². The molecule has 0 bridgehead atoms. The molecule has 0 atom stereocenters. The van der Waals surface area contributed by atoms with Crippen LogP contribution in [0.4, 0.5) is 0 Å². The van der Waals surface area contributed by atoms with Gasteiger partial charge in [0.05, 0.1) is 65.9 Å². The zero-order valence-corrected chi connectivity index (χ0v) is 81.5. The van der Waals surface area contributed by atoms with Crippen molar-refractivity contribution in [3.63, 3.8) is 0 Å². The summed E-state index contributed by atoms with van der Waals surface area (Å²) in [6.07, 6.45) is 0. The molecular formula is C138H87N5O2SSi. The maximum atomic E-state index is 6.84. The van der Waals surface area contributed by atoms with E-state index in [1.54, 1.807) is 0 Å². The molecule has 23 aromatic carbocycles. The molecule has 8 aromatic heterocycles. The second-order valence-corrected chi connectivity index (χ2v) is 43.4. The van der Waals surface area contributed by atoms with Gasteiger partial charge in [-0.25, -0.2) is 0 Å². The number of para-hydroxylation sites is 11. The normalized spacial score (nSPS) is 12.4. The minimum absolute atomic E-state index is 0.891. The van der Waals surface area contributed by atoms with E-state index in [1.165, 1.54) is 189 Å². The zero-order chi connectivity index (χ0) is 96.5. The summed E-state index contributed by atoms with van der Waals surface area (Å²) in [6.45, 7) is 0. The van der Waals surface area contributed by atoms with E-state index in [2.05, 4.69) is 551 Å². The predicted octanol–water partition coefficient (Wildman–Crippen LogP) is 34.7. The first-order valence-corrected chi connectivity index (χ1v) is 53.2. The van der Waals surface area contributed by atoms with Crippen LogP contribution in [0.25, 0.3) is 257 Å². The lowest BCUT2D eigenvalue weighted by Gasteiger charge is -2.31. The number of hydrogen-bond donors (Lipinski definition) is 0. The first kappa shape index (κ1) is 83.8. The van der Waals surface area contributed by atoms with Gasteiger partial charge in [0.15, 0.2) is 8.07 Å². The standard InChI is InChI=1S/C48H30N2O.C48H31NSSi.C42H26N2O/c1-3-13-31(14-4-1)32-23-26-35(27-24-32)49-42-20-10-7-17-36(42)40-29-33(25-28-44(40)49)39-30-41-37-18-8-11-21-43(37)50(34-15-5-2-6-16-34)47(41)46-38-19-9-12-22-45(38)51-48(39)46;1-4-16-33(17-5-1)49-42-25-13-10-22-36(42)41-31-39(48-46(47(41)49)38-24-11-14-26-43(38)50-48)32-28-29-45-40(30-32)37-23-12-15-27-44(37)51(45,34-18-6-2-7-19-34)35-20-8-3-9-21-35;1-3-13-28(14-4-1)43-36-20-10-7-17-30(36)34-25-27(23-24-38(34)43)33-26-35-31-18-8-11-21-37(31)44(29-15-5-2-6-16-29)41(35)40-32-19-9-12-22-39(32)45-42(33)40/h1-30H;1-31H;1-26H. The molecule has 0 amide bonds. The molecule has 0 saturated heterocycles. The Morgan fingerprint density at radius 2 is 0.483 bits per heavy atom. The predicted molar refractivity (Wildman–Crippen MR) is 623 cm³/mol. The Labute approximate surface area is 850 Å². The molecule has 0 radical (unpaired) electrons. The lowest BCUT2D eigenvalue weighted by Crippen LogP contribution is -2.72. The van der Waals surface area contributed by atoms with Crippen molar-refractivity contribution in [3.8, 4) is 84.1 Å². The van der Waals surface area contributed by atoms with Gasteiger partial charge >= 0.3 is 0 Å². The molecule has 9 heteroatoms. The van der Waals surface area contributed by atoms with Crippen molar-refractivity contribution in [1.29, 1.82) is 0 Å². The monoisotopic (exact) mass is 1910 g/mol. The van der Waals surface area contributed by atoms with Gasteiger partial charge in [0.1, 0.15) is 22.3 Å². The van der Waals surface area contributed by atoms with Gasteiger partial charge in [-0.1, -0.05) is 370 Å². The third-order valence-corrected chi connectivity index (χ3v) is 37.0. The number of furan rings is 2. The van der Waals surface area contributed by atoms with Crippen LogP contribution in [0, 0.1) is 0 Å². The second kappa shape index (κ2) is 33.6. The van der Waals surface area contributed by atoms with Gasteiger partial charge in [-0.15, -0.1) is 11.3 Å². The van der Waals surface area contributed by atoms with Gasteiger partial charge in [0, 0.05) is 130 Å². The van der Waals surface area contributed by atoms with E-state index in [4.69, 9.17) is 8.83 Å². The molecule has 32 rings (SSSR count). The van der Waals surface area contributed by atoms with Crippen LogP contribution >= 0.6 is 11.3 Å². The number of benzene rings is 23. The highest BCUT2D eigenvalue weighted by atomic mass is 32.1. The van der Waals surface area contributed by atoms with E-state index in [1.807, 2.05) is 11.3 Å². The van der Waals surface area contributed by atoms with E-state index in [0.29, 0.717) is 0 Å². The van der Waals surface area contributed by atoms with Crippen molar-refractivity contribution in [1.82, 2.24) is 22.8 Å². The molecule has 31 aromatic rings. The number of aromatic nitrogens is 5. The molecule has 0 saturated carbocycles. The van der Waals surface area contributed by atoms with Gasteiger partial charge in [-0.3, -0.25) is 0 Å². The smallest absolute Gasteiger partial charge is 0.180 e. The summed E-state index contributed by atoms with van der Waals surface area (Å²) in [5, 5.41) is 25.3. The minimum Gasteiger partial charge on any atom is -0.455 e. The fraction of sp³-hybridized carbons (Fsp3) is 0. The maximum Gasteiger partial charge on any atom is 0.180 e. The lowest BCUT2D eigenvalue weighted by molar-refractivity contribution is 0.670. The molecule has 147 heavy (non-hydrogen) atoms. The maximum absolute atomic E-state index is 6.84. The number of thiophene rings is 1. The quantitative estimate of drug-likeness (QED) is 0.121. The number of rotatable bonds is 11. The van der Waals surface area contributed by atoms with Crippen molar-refractivity contribution in [2.24, 2.45) is 0 Å². The zero-order valence-electron chi connectivity index (χ0n) is 79.7. The summed E-state index contributed by atoms with van der Waals surface area (Å²) >= 11 is 1.92. The lowest BCUT2D eigenvalue weighted by atomic mass is 9.96. The molecule has 0 spiro atoms. The summed E-state index contributed by atoms with van der Waals surface area (Å²) < 4.78 is 28.3. The largest absolute Gasteiger partial charge is 0.455 e. The van der Waals surface area contributed by atoms with E-state index in [9.17, 15) is 0 Å². The molecule has 686 valence electrons. The van der Waals surface area contributed by atoms with Crippen LogP contribution in [0.3, 0.4) is 0 Å². The summed E-state index contributed by atoms with van der Waals surface area (Å²) in [5.74, 6) is 0. The molecular weight excluding hydrogens is 1820 g/mol. The van der Waals surface area contributed by atoms with E-state index in [-0.39, 0.29) is 0 Å². The Kier molecular flexibility index (Phi) is 19.2. The van der Waals surface area contributed by atoms with Gasteiger partial charge in [0.2, 0.25) is 0 Å². The third-order valence-electron chi connectivity index (χ3n) is 30.9. The van der Waals surface area contributed by atoms with Gasteiger partial charge in [-0.2, -0.15) is 0 Å². The summed E-state index contributed by atoms with van der Waals surface area (Å²) in [4.78, 5) is 0. The number of nitrogens with zero attached hydrogens (tertiary/aromatic N) is 5. The van der Waals surface area contributed by atoms with Crippen LogP contribution in [-0.2, 0) is 0 Å². The number of hydrogen-bond acceptors (Lipinski definition) is 3. The average molecular weight is 1910 g/mol. The molecule has 0 unspecified atom stereocenters. The molecule has 0 aliphatic carbocycles. The Hall–Kier alpha value is -18.9. The van der Waals surface area contributed by atoms with Crippen LogP contribution in [0.15, 0.2) is 537 Å². The van der Waals surface area contributed by atoms with Crippen LogP contribution in [0.1, 0.15) is 0 Å². The highest BCUT2D eigenvalue weighted by Crippen LogP contribution is 2.53. The van der Waals surface area contributed by atoms with Crippen molar-refractivity contribution < 1.29 is 8.83 Å². The summed E-state index contributed by atoms with van der Waals surface area (Å²) in [7, 11) is -2.54. The Balaban J connectivity index is 0.000000102. The molecule has 0 fully saturated rings. The third kappa shape index (κ3) is 12.9.